The van der Waals surface area contributed by atoms with Gasteiger partial charge in [-0.15, -0.1) is 0 Å². The van der Waals surface area contributed by atoms with E-state index in [1.165, 1.54) is 0 Å². The maximum atomic E-state index is 11.2. The third-order valence-corrected chi connectivity index (χ3v) is 6.58. The molecular formula is C32H31N3O4. The highest BCUT2D eigenvalue weighted by Crippen LogP contribution is 2.29. The lowest BCUT2D eigenvalue weighted by molar-refractivity contribution is -0.137. The van der Waals surface area contributed by atoms with E-state index in [4.69, 9.17) is 19.8 Å². The van der Waals surface area contributed by atoms with Crippen molar-refractivity contribution >= 4 is 11.6 Å². The SMILES string of the molecule is O=C(O)CCCCCOc1cccc(Cc2nc3c(Cc4ccccc4)nc(-c4ccccc4)cn3c2O)c1. The largest absolute Gasteiger partial charge is 0.494 e. The zero-order valence-electron chi connectivity index (χ0n) is 21.7. The number of rotatable bonds is 12. The van der Waals surface area contributed by atoms with Gasteiger partial charge in [-0.05, 0) is 42.5 Å². The lowest BCUT2D eigenvalue weighted by atomic mass is 10.1. The molecule has 0 atom stereocenters. The predicted molar refractivity (Wildman–Crippen MR) is 150 cm³/mol. The van der Waals surface area contributed by atoms with Crippen LogP contribution in [0.5, 0.6) is 11.6 Å². The van der Waals surface area contributed by atoms with Crippen LogP contribution in [0.15, 0.2) is 91.1 Å². The summed E-state index contributed by atoms with van der Waals surface area (Å²) in [5, 5.41) is 20.0. The van der Waals surface area contributed by atoms with E-state index in [-0.39, 0.29) is 12.3 Å². The Morgan fingerprint density at radius 2 is 1.51 bits per heavy atom. The molecule has 5 rings (SSSR count). The van der Waals surface area contributed by atoms with Gasteiger partial charge in [-0.2, -0.15) is 0 Å². The number of hydrogen-bond acceptors (Lipinski definition) is 5. The quantitative estimate of drug-likeness (QED) is 0.187. The van der Waals surface area contributed by atoms with E-state index >= 15 is 0 Å². The first-order valence-corrected chi connectivity index (χ1v) is 13.2. The summed E-state index contributed by atoms with van der Waals surface area (Å²) in [6, 6.07) is 27.8. The lowest BCUT2D eigenvalue weighted by Crippen LogP contribution is -2.00. The molecule has 3 aromatic carbocycles. The Hall–Kier alpha value is -4.65. The van der Waals surface area contributed by atoms with Crippen LogP contribution in [0.1, 0.15) is 48.2 Å². The number of aromatic nitrogens is 3. The standard InChI is InChI=1S/C32H31N3O4/c36-30(37)17-8-3-9-18-39-26-16-10-13-24(19-26)21-28-32(38)35-22-29(25-14-6-2-7-15-25)33-27(31(35)34-28)20-23-11-4-1-5-12-23/h1-2,4-7,10-16,19,22,38H,3,8-9,17-18,20-21H2,(H,36,37). The molecule has 0 radical (unpaired) electrons. The smallest absolute Gasteiger partial charge is 0.303 e. The first-order valence-electron chi connectivity index (χ1n) is 13.2. The van der Waals surface area contributed by atoms with Crippen LogP contribution in [0, 0.1) is 0 Å². The Bertz CT molecular complexity index is 1550. The number of nitrogens with zero attached hydrogens (tertiary/aromatic N) is 3. The number of ether oxygens (including phenoxy) is 1. The van der Waals surface area contributed by atoms with Crippen molar-refractivity contribution in [2.24, 2.45) is 0 Å². The van der Waals surface area contributed by atoms with E-state index in [9.17, 15) is 9.90 Å². The van der Waals surface area contributed by atoms with Crippen LogP contribution in [-0.2, 0) is 17.6 Å². The van der Waals surface area contributed by atoms with Gasteiger partial charge >= 0.3 is 5.97 Å². The molecule has 0 aliphatic rings. The summed E-state index contributed by atoms with van der Waals surface area (Å²) in [6.07, 6.45) is 5.32. The van der Waals surface area contributed by atoms with Crippen molar-refractivity contribution in [2.75, 3.05) is 6.61 Å². The molecule has 2 aromatic heterocycles. The Labute approximate surface area is 227 Å². The summed E-state index contributed by atoms with van der Waals surface area (Å²) in [5.74, 6) is 0.0773. The number of aliphatic carboxylic acids is 1. The van der Waals surface area contributed by atoms with Gasteiger partial charge in [-0.25, -0.2) is 9.97 Å². The van der Waals surface area contributed by atoms with Gasteiger partial charge in [0.2, 0.25) is 5.88 Å². The average molecular weight is 522 g/mol. The molecular weight excluding hydrogens is 490 g/mol. The maximum Gasteiger partial charge on any atom is 0.303 e. The summed E-state index contributed by atoms with van der Waals surface area (Å²) in [4.78, 5) is 20.4. The van der Waals surface area contributed by atoms with E-state index in [1.54, 1.807) is 4.40 Å². The van der Waals surface area contributed by atoms with E-state index in [0.29, 0.717) is 37.2 Å². The molecule has 0 aliphatic heterocycles. The Balaban J connectivity index is 1.39. The fraction of sp³-hybridized carbons (Fsp3) is 0.219. The molecule has 0 aliphatic carbocycles. The van der Waals surface area contributed by atoms with Crippen molar-refractivity contribution in [1.29, 1.82) is 0 Å². The first-order chi connectivity index (χ1) is 19.1. The number of aromatic hydroxyl groups is 1. The molecule has 0 saturated carbocycles. The van der Waals surface area contributed by atoms with Gasteiger partial charge in [0.05, 0.1) is 18.0 Å². The van der Waals surface area contributed by atoms with Gasteiger partial charge in [0.25, 0.3) is 0 Å². The summed E-state index contributed by atoms with van der Waals surface area (Å²) in [6.45, 7) is 0.527. The molecule has 39 heavy (non-hydrogen) atoms. The van der Waals surface area contributed by atoms with Crippen molar-refractivity contribution in [3.63, 3.8) is 0 Å². The van der Waals surface area contributed by atoms with Gasteiger partial charge < -0.3 is 14.9 Å². The van der Waals surface area contributed by atoms with Crippen LogP contribution in [0.4, 0.5) is 0 Å². The molecule has 0 bridgehead atoms. The van der Waals surface area contributed by atoms with Gasteiger partial charge in [0.15, 0.2) is 5.65 Å². The highest BCUT2D eigenvalue weighted by molar-refractivity contribution is 5.66. The first kappa shape index (κ1) is 26.0. The fourth-order valence-electron chi connectivity index (χ4n) is 4.60. The van der Waals surface area contributed by atoms with Crippen LogP contribution >= 0.6 is 0 Å². The van der Waals surface area contributed by atoms with Gasteiger partial charge in [-0.1, -0.05) is 72.8 Å². The van der Waals surface area contributed by atoms with Gasteiger partial charge in [-0.3, -0.25) is 9.20 Å². The average Bonchev–Trinajstić information content (AvgIpc) is 3.27. The fourth-order valence-corrected chi connectivity index (χ4v) is 4.60. The van der Waals surface area contributed by atoms with Gasteiger partial charge in [0, 0.05) is 31.0 Å². The number of benzene rings is 3. The van der Waals surface area contributed by atoms with Crippen molar-refractivity contribution in [2.45, 2.75) is 38.5 Å². The minimum Gasteiger partial charge on any atom is -0.494 e. The van der Waals surface area contributed by atoms with E-state index < -0.39 is 5.97 Å². The second kappa shape index (κ2) is 12.3. The van der Waals surface area contributed by atoms with Crippen LogP contribution in [0.2, 0.25) is 0 Å². The summed E-state index contributed by atoms with van der Waals surface area (Å²) >= 11 is 0. The second-order valence-electron chi connectivity index (χ2n) is 9.55. The van der Waals surface area contributed by atoms with E-state index in [0.717, 1.165) is 46.7 Å². The molecule has 198 valence electrons. The summed E-state index contributed by atoms with van der Waals surface area (Å²) in [7, 11) is 0. The minimum atomic E-state index is -0.766. The topological polar surface area (TPSA) is 97.0 Å². The number of carbonyl (C=O) groups is 1. The molecule has 7 nitrogen and oxygen atoms in total. The second-order valence-corrected chi connectivity index (χ2v) is 9.55. The number of carboxylic acids is 1. The predicted octanol–water partition coefficient (Wildman–Crippen LogP) is 6.31. The molecule has 0 fully saturated rings. The highest BCUT2D eigenvalue weighted by Gasteiger charge is 2.18. The van der Waals surface area contributed by atoms with Gasteiger partial charge in [0.1, 0.15) is 11.4 Å². The Kier molecular flexibility index (Phi) is 8.17. The lowest BCUT2D eigenvalue weighted by Gasteiger charge is -2.08. The Morgan fingerprint density at radius 1 is 0.795 bits per heavy atom. The van der Waals surface area contributed by atoms with Crippen LogP contribution < -0.4 is 4.74 Å². The van der Waals surface area contributed by atoms with Crippen molar-refractivity contribution in [3.8, 4) is 22.9 Å². The van der Waals surface area contributed by atoms with Crippen molar-refractivity contribution < 1.29 is 19.7 Å². The summed E-state index contributed by atoms with van der Waals surface area (Å²) < 4.78 is 7.62. The zero-order valence-corrected chi connectivity index (χ0v) is 21.7. The van der Waals surface area contributed by atoms with Crippen LogP contribution in [0.3, 0.4) is 0 Å². The molecule has 0 unspecified atom stereocenters. The normalized spacial score (nSPS) is 11.1. The van der Waals surface area contributed by atoms with Crippen molar-refractivity contribution in [1.82, 2.24) is 14.4 Å². The van der Waals surface area contributed by atoms with E-state index in [2.05, 4.69) is 12.1 Å². The molecule has 7 heteroatoms. The highest BCUT2D eigenvalue weighted by atomic mass is 16.5. The minimum absolute atomic E-state index is 0.101. The monoisotopic (exact) mass is 521 g/mol. The molecule has 2 N–H and O–H groups in total. The van der Waals surface area contributed by atoms with Crippen molar-refractivity contribution in [3.05, 3.63) is 114 Å². The third kappa shape index (κ3) is 6.62. The number of unbranched alkanes of at least 4 members (excludes halogenated alkanes) is 2. The van der Waals surface area contributed by atoms with Crippen LogP contribution in [-0.4, -0.2) is 37.2 Å². The molecule has 0 amide bonds. The molecule has 0 saturated heterocycles. The number of imidazole rings is 1. The maximum absolute atomic E-state index is 11.2. The number of fused-ring (bicyclic) bond motifs is 1. The Morgan fingerprint density at radius 3 is 2.28 bits per heavy atom. The third-order valence-electron chi connectivity index (χ3n) is 6.58. The number of hydrogen-bond donors (Lipinski definition) is 2. The molecule has 0 spiro atoms. The summed E-state index contributed by atoms with van der Waals surface area (Å²) in [5.41, 5.74) is 5.83. The van der Waals surface area contributed by atoms with Crippen LogP contribution in [0.25, 0.3) is 16.9 Å². The number of carboxylic acid groups (broad SMARTS) is 1. The molecule has 2 heterocycles. The van der Waals surface area contributed by atoms with E-state index in [1.807, 2.05) is 79.0 Å². The molecule has 5 aromatic rings. The zero-order chi connectivity index (χ0) is 27.0.